The Bertz CT molecular complexity index is 726. The number of hydrogen-bond donors (Lipinski definition) is 2. The van der Waals surface area contributed by atoms with Gasteiger partial charge in [-0.05, 0) is 25.1 Å². The van der Waals surface area contributed by atoms with Crippen LogP contribution in [0, 0.1) is 0 Å². The molecule has 2 N–H and O–H groups in total. The van der Waals surface area contributed by atoms with Crippen LogP contribution in [-0.2, 0) is 9.53 Å². The first kappa shape index (κ1) is 17.5. The molecule has 2 aliphatic heterocycles. The van der Waals surface area contributed by atoms with E-state index in [9.17, 15) is 14.4 Å². The first-order valence-corrected chi connectivity index (χ1v) is 8.27. The zero-order valence-corrected chi connectivity index (χ0v) is 14.3. The summed E-state index contributed by atoms with van der Waals surface area (Å²) in [7, 11) is 0. The van der Waals surface area contributed by atoms with Crippen molar-refractivity contribution in [1.82, 2.24) is 10.2 Å². The van der Waals surface area contributed by atoms with Gasteiger partial charge in [-0.15, -0.1) is 0 Å². The van der Waals surface area contributed by atoms with Crippen LogP contribution in [0.15, 0.2) is 18.2 Å². The number of carboxylic acid groups (broad SMARTS) is 1. The Labute approximate surface area is 149 Å². The van der Waals surface area contributed by atoms with Gasteiger partial charge in [0.2, 0.25) is 0 Å². The lowest BCUT2D eigenvalue weighted by Crippen LogP contribution is -2.51. The summed E-state index contributed by atoms with van der Waals surface area (Å²) in [6, 6.07) is 4.57. The van der Waals surface area contributed by atoms with Gasteiger partial charge in [-0.1, -0.05) is 11.6 Å². The molecule has 2 fully saturated rings. The van der Waals surface area contributed by atoms with E-state index in [-0.39, 0.29) is 35.6 Å². The fraction of sp³-hybridized carbons (Fsp3) is 0.438. The number of carbonyl (C=O) groups is 3. The molecule has 8 nitrogen and oxygen atoms in total. The number of nitrogens with zero attached hydrogens (tertiary/aromatic N) is 2. The second-order valence-corrected chi connectivity index (χ2v) is 6.44. The highest BCUT2D eigenvalue weighted by Gasteiger charge is 2.34. The fourth-order valence-corrected chi connectivity index (χ4v) is 3.19. The SMILES string of the molecule is C[C@@H]1CN(C(=O)c2cc(N3CCNC3=O)ccc2Cl)CC(C(=O)O)O1. The van der Waals surface area contributed by atoms with E-state index in [1.807, 2.05) is 0 Å². The Hall–Kier alpha value is -2.32. The van der Waals surface area contributed by atoms with E-state index in [1.54, 1.807) is 25.1 Å². The zero-order chi connectivity index (χ0) is 18.1. The third kappa shape index (κ3) is 3.54. The molecule has 3 rings (SSSR count). The molecule has 2 heterocycles. The average molecular weight is 368 g/mol. The maximum atomic E-state index is 12.9. The van der Waals surface area contributed by atoms with Crippen LogP contribution < -0.4 is 10.2 Å². The Balaban J connectivity index is 1.86. The maximum Gasteiger partial charge on any atom is 0.334 e. The van der Waals surface area contributed by atoms with Gasteiger partial charge in [0.05, 0.1) is 23.2 Å². The number of carbonyl (C=O) groups excluding carboxylic acids is 2. The molecule has 0 aliphatic carbocycles. The number of nitrogens with one attached hydrogen (secondary N) is 1. The number of anilines is 1. The molecule has 0 aromatic heterocycles. The zero-order valence-electron chi connectivity index (χ0n) is 13.6. The average Bonchev–Trinajstić information content (AvgIpc) is 3.00. The standard InChI is InChI=1S/C16H18ClN3O5/c1-9-7-19(8-13(25-9)15(22)23)14(21)11-6-10(2-3-12(11)17)20-5-4-18-16(20)24/h2-3,6,9,13H,4-5,7-8H2,1H3,(H,18,24)(H,22,23)/t9-,13?/m1/s1. The number of rotatable bonds is 3. The molecule has 1 aromatic carbocycles. The van der Waals surface area contributed by atoms with E-state index in [4.69, 9.17) is 21.4 Å². The molecule has 3 amide bonds. The van der Waals surface area contributed by atoms with Crippen LogP contribution in [0.2, 0.25) is 5.02 Å². The summed E-state index contributed by atoms with van der Waals surface area (Å²) >= 11 is 6.17. The molecule has 1 unspecified atom stereocenters. The lowest BCUT2D eigenvalue weighted by molar-refractivity contribution is -0.160. The minimum Gasteiger partial charge on any atom is -0.479 e. The molecule has 2 aliphatic rings. The second-order valence-electron chi connectivity index (χ2n) is 6.03. The van der Waals surface area contributed by atoms with Crippen molar-refractivity contribution in [2.75, 3.05) is 31.1 Å². The van der Waals surface area contributed by atoms with Gasteiger partial charge in [-0.2, -0.15) is 0 Å². The summed E-state index contributed by atoms with van der Waals surface area (Å²) in [5, 5.41) is 12.1. The largest absolute Gasteiger partial charge is 0.479 e. The van der Waals surface area contributed by atoms with Crippen molar-refractivity contribution in [1.29, 1.82) is 0 Å². The summed E-state index contributed by atoms with van der Waals surface area (Å²) < 4.78 is 5.33. The Morgan fingerprint density at radius 2 is 2.12 bits per heavy atom. The van der Waals surface area contributed by atoms with E-state index < -0.39 is 18.2 Å². The molecule has 0 bridgehead atoms. The molecule has 0 spiro atoms. The minimum absolute atomic E-state index is 0.0523. The van der Waals surface area contributed by atoms with Gasteiger partial charge in [0.1, 0.15) is 0 Å². The van der Waals surface area contributed by atoms with Crippen LogP contribution in [-0.4, -0.2) is 66.3 Å². The van der Waals surface area contributed by atoms with E-state index in [0.29, 0.717) is 18.8 Å². The van der Waals surface area contributed by atoms with Gasteiger partial charge >= 0.3 is 12.0 Å². The van der Waals surface area contributed by atoms with Gasteiger partial charge in [0.15, 0.2) is 6.10 Å². The lowest BCUT2D eigenvalue weighted by Gasteiger charge is -2.35. The molecule has 25 heavy (non-hydrogen) atoms. The fourth-order valence-electron chi connectivity index (χ4n) is 2.99. The van der Waals surface area contributed by atoms with Crippen molar-refractivity contribution in [2.45, 2.75) is 19.1 Å². The van der Waals surface area contributed by atoms with Crippen LogP contribution >= 0.6 is 11.6 Å². The molecule has 0 saturated carbocycles. The number of amides is 3. The van der Waals surface area contributed by atoms with Crippen molar-refractivity contribution >= 4 is 35.2 Å². The van der Waals surface area contributed by atoms with Crippen LogP contribution in [0.3, 0.4) is 0 Å². The number of morpholine rings is 1. The highest BCUT2D eigenvalue weighted by atomic mass is 35.5. The van der Waals surface area contributed by atoms with Gasteiger partial charge < -0.3 is 20.1 Å². The van der Waals surface area contributed by atoms with Gasteiger partial charge in [0.25, 0.3) is 5.91 Å². The highest BCUT2D eigenvalue weighted by Crippen LogP contribution is 2.26. The summed E-state index contributed by atoms with van der Waals surface area (Å²) in [5.74, 6) is -1.49. The predicted molar refractivity (Wildman–Crippen MR) is 90.1 cm³/mol. The van der Waals surface area contributed by atoms with Crippen LogP contribution in [0.5, 0.6) is 0 Å². The van der Waals surface area contributed by atoms with E-state index >= 15 is 0 Å². The monoisotopic (exact) mass is 367 g/mol. The number of ether oxygens (including phenoxy) is 1. The number of carboxylic acids is 1. The number of urea groups is 1. The first-order valence-electron chi connectivity index (χ1n) is 7.89. The molecule has 2 atom stereocenters. The van der Waals surface area contributed by atoms with Crippen molar-refractivity contribution in [3.8, 4) is 0 Å². The summed E-state index contributed by atoms with van der Waals surface area (Å²) in [6.07, 6.45) is -1.47. The highest BCUT2D eigenvalue weighted by molar-refractivity contribution is 6.34. The number of hydrogen-bond acceptors (Lipinski definition) is 4. The molecule has 134 valence electrons. The van der Waals surface area contributed by atoms with Gasteiger partial charge in [0, 0.05) is 25.3 Å². The molecule has 9 heteroatoms. The van der Waals surface area contributed by atoms with Crippen molar-refractivity contribution in [3.05, 3.63) is 28.8 Å². The van der Waals surface area contributed by atoms with Crippen molar-refractivity contribution in [3.63, 3.8) is 0 Å². The Kier molecular flexibility index (Phi) is 4.82. The van der Waals surface area contributed by atoms with Crippen molar-refractivity contribution < 1.29 is 24.2 Å². The Morgan fingerprint density at radius 3 is 2.76 bits per heavy atom. The maximum absolute atomic E-state index is 12.9. The van der Waals surface area contributed by atoms with Crippen LogP contribution in [0.25, 0.3) is 0 Å². The molecule has 1 aromatic rings. The number of halogens is 1. The molecule has 2 saturated heterocycles. The number of aliphatic carboxylic acids is 1. The van der Waals surface area contributed by atoms with Gasteiger partial charge in [-0.25, -0.2) is 9.59 Å². The third-order valence-electron chi connectivity index (χ3n) is 4.17. The van der Waals surface area contributed by atoms with E-state index in [0.717, 1.165) is 0 Å². The third-order valence-corrected chi connectivity index (χ3v) is 4.50. The quantitative estimate of drug-likeness (QED) is 0.835. The topological polar surface area (TPSA) is 99.2 Å². The van der Waals surface area contributed by atoms with Crippen molar-refractivity contribution in [2.24, 2.45) is 0 Å². The van der Waals surface area contributed by atoms with Gasteiger partial charge in [-0.3, -0.25) is 9.69 Å². The van der Waals surface area contributed by atoms with Crippen LogP contribution in [0.4, 0.5) is 10.5 Å². The van der Waals surface area contributed by atoms with Crippen LogP contribution in [0.1, 0.15) is 17.3 Å². The Morgan fingerprint density at radius 1 is 1.36 bits per heavy atom. The summed E-state index contributed by atoms with van der Waals surface area (Å²) in [5.41, 5.74) is 0.802. The molecular formula is C16H18ClN3O5. The predicted octanol–water partition coefficient (Wildman–Crippen LogP) is 1.18. The lowest BCUT2D eigenvalue weighted by atomic mass is 10.1. The first-order chi connectivity index (χ1) is 11.9. The normalized spacial score (nSPS) is 23.5. The second kappa shape index (κ2) is 6.89. The smallest absolute Gasteiger partial charge is 0.334 e. The minimum atomic E-state index is -1.11. The van der Waals surface area contributed by atoms with E-state index in [2.05, 4.69) is 5.32 Å². The molecule has 0 radical (unpaired) electrons. The molecular weight excluding hydrogens is 350 g/mol. The number of benzene rings is 1. The summed E-state index contributed by atoms with van der Waals surface area (Å²) in [6.45, 7) is 2.97. The summed E-state index contributed by atoms with van der Waals surface area (Å²) in [4.78, 5) is 38.8. The van der Waals surface area contributed by atoms with E-state index in [1.165, 1.54) is 9.80 Å².